The average molecular weight is 390 g/mol. The summed E-state index contributed by atoms with van der Waals surface area (Å²) < 4.78 is 5.56. The Labute approximate surface area is 164 Å². The van der Waals surface area contributed by atoms with Crippen LogP contribution in [0, 0.1) is 6.92 Å². The van der Waals surface area contributed by atoms with Crippen LogP contribution < -0.4 is 10.1 Å². The van der Waals surface area contributed by atoms with E-state index in [0.717, 1.165) is 11.1 Å². The summed E-state index contributed by atoms with van der Waals surface area (Å²) in [7, 11) is 0. The standard InChI is InChI=1S/C21H24ClNO4/c1-12-10-14(6-8-16(12)19(24)23-21(3,4)5)17-11-15(22)7-9-18(17)27-13(2)20(25)26/h6-11,13H,1-5H3,(H,23,24)(H,25,26)/t13-/m0/s1. The van der Waals surface area contributed by atoms with Crippen LogP contribution in [0.4, 0.5) is 0 Å². The van der Waals surface area contributed by atoms with Gasteiger partial charge in [-0.3, -0.25) is 4.79 Å². The number of carbonyl (C=O) groups excluding carboxylic acids is 1. The average Bonchev–Trinajstić information content (AvgIpc) is 2.54. The highest BCUT2D eigenvalue weighted by Crippen LogP contribution is 2.34. The molecule has 0 radical (unpaired) electrons. The predicted molar refractivity (Wildman–Crippen MR) is 107 cm³/mol. The molecule has 6 heteroatoms. The molecule has 2 aromatic carbocycles. The fourth-order valence-electron chi connectivity index (χ4n) is 2.57. The summed E-state index contributed by atoms with van der Waals surface area (Å²) in [5, 5.41) is 12.5. The van der Waals surface area contributed by atoms with Crippen LogP contribution in [0.3, 0.4) is 0 Å². The Hall–Kier alpha value is -2.53. The number of carboxylic acid groups (broad SMARTS) is 1. The Morgan fingerprint density at radius 2 is 1.81 bits per heavy atom. The van der Waals surface area contributed by atoms with Crippen molar-refractivity contribution in [3.05, 3.63) is 52.5 Å². The number of carbonyl (C=O) groups is 2. The number of nitrogens with one attached hydrogen (secondary N) is 1. The Bertz CT molecular complexity index is 871. The van der Waals surface area contributed by atoms with E-state index in [-0.39, 0.29) is 11.4 Å². The molecule has 0 aliphatic carbocycles. The SMILES string of the molecule is Cc1cc(-c2cc(Cl)ccc2O[C@@H](C)C(=O)O)ccc1C(=O)NC(C)(C)C. The number of aryl methyl sites for hydroxylation is 1. The second-order valence-electron chi connectivity index (χ2n) is 7.47. The van der Waals surface area contributed by atoms with E-state index in [1.807, 2.05) is 33.8 Å². The molecule has 144 valence electrons. The summed E-state index contributed by atoms with van der Waals surface area (Å²) in [6, 6.07) is 10.4. The fraction of sp³-hybridized carbons (Fsp3) is 0.333. The van der Waals surface area contributed by atoms with Gasteiger partial charge in [-0.15, -0.1) is 0 Å². The van der Waals surface area contributed by atoms with Crippen molar-refractivity contribution in [1.82, 2.24) is 5.32 Å². The molecular weight excluding hydrogens is 366 g/mol. The van der Waals surface area contributed by atoms with Crippen molar-refractivity contribution in [3.63, 3.8) is 0 Å². The van der Waals surface area contributed by atoms with Crippen LogP contribution in [0.1, 0.15) is 43.6 Å². The lowest BCUT2D eigenvalue weighted by molar-refractivity contribution is -0.144. The minimum Gasteiger partial charge on any atom is -0.479 e. The van der Waals surface area contributed by atoms with E-state index in [9.17, 15) is 9.59 Å². The molecule has 0 bridgehead atoms. The molecular formula is C21H24ClNO4. The Morgan fingerprint density at radius 3 is 2.37 bits per heavy atom. The third-order valence-corrected chi connectivity index (χ3v) is 4.10. The van der Waals surface area contributed by atoms with E-state index in [1.54, 1.807) is 30.3 Å². The highest BCUT2D eigenvalue weighted by molar-refractivity contribution is 6.31. The fourth-order valence-corrected chi connectivity index (χ4v) is 2.74. The lowest BCUT2D eigenvalue weighted by Crippen LogP contribution is -2.40. The number of rotatable bonds is 5. The normalized spacial score (nSPS) is 12.4. The van der Waals surface area contributed by atoms with E-state index >= 15 is 0 Å². The molecule has 5 nitrogen and oxygen atoms in total. The van der Waals surface area contributed by atoms with Gasteiger partial charge in [0.05, 0.1) is 0 Å². The molecule has 2 N–H and O–H groups in total. The summed E-state index contributed by atoms with van der Waals surface area (Å²) in [5.41, 5.74) is 2.50. The Morgan fingerprint density at radius 1 is 1.15 bits per heavy atom. The molecule has 0 spiro atoms. The van der Waals surface area contributed by atoms with Crippen LogP contribution in [0.15, 0.2) is 36.4 Å². The van der Waals surface area contributed by atoms with E-state index in [0.29, 0.717) is 21.9 Å². The minimum absolute atomic E-state index is 0.145. The molecule has 0 aliphatic heterocycles. The van der Waals surface area contributed by atoms with Crippen LogP contribution in [0.2, 0.25) is 5.02 Å². The van der Waals surface area contributed by atoms with Gasteiger partial charge in [0.1, 0.15) is 5.75 Å². The molecule has 1 atom stereocenters. The zero-order valence-electron chi connectivity index (χ0n) is 16.1. The maximum Gasteiger partial charge on any atom is 0.344 e. The molecule has 27 heavy (non-hydrogen) atoms. The minimum atomic E-state index is -1.05. The molecule has 0 heterocycles. The second-order valence-corrected chi connectivity index (χ2v) is 7.91. The third-order valence-electron chi connectivity index (χ3n) is 3.86. The molecule has 2 rings (SSSR count). The molecule has 0 unspecified atom stereocenters. The quantitative estimate of drug-likeness (QED) is 0.777. The van der Waals surface area contributed by atoms with Gasteiger partial charge in [-0.1, -0.05) is 23.7 Å². The first kappa shape index (κ1) is 20.8. The van der Waals surface area contributed by atoms with Crippen LogP contribution in [-0.2, 0) is 4.79 Å². The predicted octanol–water partition coefficient (Wildman–Crippen LogP) is 4.70. The van der Waals surface area contributed by atoms with Gasteiger partial charge in [0.15, 0.2) is 6.10 Å². The second kappa shape index (κ2) is 8.01. The number of carboxylic acids is 1. The van der Waals surface area contributed by atoms with Crippen molar-refractivity contribution in [2.45, 2.75) is 46.3 Å². The molecule has 0 aliphatic rings. The number of ether oxygens (including phenoxy) is 1. The summed E-state index contributed by atoms with van der Waals surface area (Å²) in [6.45, 7) is 9.09. The monoisotopic (exact) mass is 389 g/mol. The largest absolute Gasteiger partial charge is 0.479 e. The van der Waals surface area contributed by atoms with Crippen molar-refractivity contribution in [1.29, 1.82) is 0 Å². The van der Waals surface area contributed by atoms with Gasteiger partial charge < -0.3 is 15.2 Å². The van der Waals surface area contributed by atoms with Crippen LogP contribution in [0.25, 0.3) is 11.1 Å². The highest BCUT2D eigenvalue weighted by atomic mass is 35.5. The zero-order valence-corrected chi connectivity index (χ0v) is 16.8. The molecule has 2 aromatic rings. The summed E-state index contributed by atoms with van der Waals surface area (Å²) in [5.74, 6) is -0.782. The van der Waals surface area contributed by atoms with Crippen molar-refractivity contribution in [2.24, 2.45) is 0 Å². The van der Waals surface area contributed by atoms with Gasteiger partial charge >= 0.3 is 5.97 Å². The number of benzene rings is 2. The smallest absolute Gasteiger partial charge is 0.344 e. The summed E-state index contributed by atoms with van der Waals surface area (Å²) in [4.78, 5) is 23.6. The van der Waals surface area contributed by atoms with Gasteiger partial charge in [0, 0.05) is 21.7 Å². The van der Waals surface area contributed by atoms with Crippen LogP contribution in [-0.4, -0.2) is 28.6 Å². The van der Waals surface area contributed by atoms with Crippen molar-refractivity contribution < 1.29 is 19.4 Å². The van der Waals surface area contributed by atoms with Crippen molar-refractivity contribution in [3.8, 4) is 16.9 Å². The Balaban J connectivity index is 2.41. The van der Waals surface area contributed by atoms with E-state index in [1.165, 1.54) is 6.92 Å². The first-order chi connectivity index (χ1) is 12.5. The topological polar surface area (TPSA) is 75.6 Å². The molecule has 0 fully saturated rings. The first-order valence-corrected chi connectivity index (χ1v) is 8.98. The lowest BCUT2D eigenvalue weighted by atomic mass is 9.98. The summed E-state index contributed by atoms with van der Waals surface area (Å²) in [6.07, 6.45) is -0.997. The van der Waals surface area contributed by atoms with E-state index in [2.05, 4.69) is 5.32 Å². The van der Waals surface area contributed by atoms with Gasteiger partial charge in [-0.2, -0.15) is 0 Å². The Kier molecular flexibility index (Phi) is 6.16. The molecule has 0 saturated carbocycles. The number of hydrogen-bond acceptors (Lipinski definition) is 3. The van der Waals surface area contributed by atoms with Crippen LogP contribution >= 0.6 is 11.6 Å². The zero-order chi connectivity index (χ0) is 20.4. The lowest BCUT2D eigenvalue weighted by Gasteiger charge is -2.21. The first-order valence-electron chi connectivity index (χ1n) is 8.60. The number of halogens is 1. The molecule has 0 saturated heterocycles. The molecule has 0 aromatic heterocycles. The van der Waals surface area contributed by atoms with Gasteiger partial charge in [-0.05, 0) is 70.0 Å². The highest BCUT2D eigenvalue weighted by Gasteiger charge is 2.19. The third kappa shape index (κ3) is 5.47. The molecule has 1 amide bonds. The van der Waals surface area contributed by atoms with Crippen molar-refractivity contribution in [2.75, 3.05) is 0 Å². The van der Waals surface area contributed by atoms with E-state index in [4.69, 9.17) is 21.4 Å². The maximum absolute atomic E-state index is 12.4. The number of aliphatic carboxylic acids is 1. The van der Waals surface area contributed by atoms with Gasteiger partial charge in [-0.25, -0.2) is 4.79 Å². The van der Waals surface area contributed by atoms with Crippen LogP contribution in [0.5, 0.6) is 5.75 Å². The van der Waals surface area contributed by atoms with Gasteiger partial charge in [0.2, 0.25) is 0 Å². The summed E-state index contributed by atoms with van der Waals surface area (Å²) >= 11 is 6.12. The van der Waals surface area contributed by atoms with Gasteiger partial charge in [0.25, 0.3) is 5.91 Å². The number of amides is 1. The number of hydrogen-bond donors (Lipinski definition) is 2. The maximum atomic E-state index is 12.4. The van der Waals surface area contributed by atoms with E-state index < -0.39 is 12.1 Å². The van der Waals surface area contributed by atoms with Crippen molar-refractivity contribution >= 4 is 23.5 Å².